The van der Waals surface area contributed by atoms with Crippen molar-refractivity contribution in [3.8, 4) is 0 Å². The molecule has 1 aromatic heterocycles. The van der Waals surface area contributed by atoms with Gasteiger partial charge in [-0.15, -0.1) is 0 Å². The van der Waals surface area contributed by atoms with Crippen LogP contribution in [-0.2, 0) is 11.2 Å². The normalized spacial score (nSPS) is 16.5. The number of aryl methyl sites for hydroxylation is 1. The van der Waals surface area contributed by atoms with Crippen LogP contribution in [0.25, 0.3) is 11.1 Å². The lowest BCUT2D eigenvalue weighted by Crippen LogP contribution is -2.30. The number of anilines is 1. The Hall–Kier alpha value is -1.88. The summed E-state index contributed by atoms with van der Waals surface area (Å²) in [7, 11) is 0. The van der Waals surface area contributed by atoms with E-state index in [1.54, 1.807) is 0 Å². The van der Waals surface area contributed by atoms with Gasteiger partial charge in [-0.05, 0) is 31.0 Å². The monoisotopic (exact) mass is 259 g/mol. The van der Waals surface area contributed by atoms with Gasteiger partial charge in [0.05, 0.1) is 5.41 Å². The van der Waals surface area contributed by atoms with Crippen LogP contribution >= 0.6 is 0 Å². The number of aromatic nitrogens is 1. The van der Waals surface area contributed by atoms with E-state index in [-0.39, 0.29) is 11.3 Å². The number of hydrogen-bond acceptors (Lipinski definition) is 4. The van der Waals surface area contributed by atoms with Crippen LogP contribution in [0.3, 0.4) is 0 Å². The van der Waals surface area contributed by atoms with Crippen LogP contribution in [-0.4, -0.2) is 17.4 Å². The summed E-state index contributed by atoms with van der Waals surface area (Å²) < 4.78 is 5.53. The van der Waals surface area contributed by atoms with Crippen LogP contribution in [0.5, 0.6) is 0 Å². The Morgan fingerprint density at radius 2 is 2.32 bits per heavy atom. The maximum Gasteiger partial charge on any atom is 0.231 e. The summed E-state index contributed by atoms with van der Waals surface area (Å²) in [6.45, 7) is 2.40. The molecule has 2 aromatic rings. The second-order valence-electron chi connectivity index (χ2n) is 5.08. The highest BCUT2D eigenvalue weighted by Crippen LogP contribution is 2.45. The molecule has 5 nitrogen and oxygen atoms in total. The minimum Gasteiger partial charge on any atom is -0.441 e. The fourth-order valence-electron chi connectivity index (χ4n) is 2.14. The first kappa shape index (κ1) is 12.2. The highest BCUT2D eigenvalue weighted by Gasteiger charge is 2.48. The van der Waals surface area contributed by atoms with Gasteiger partial charge in [0, 0.05) is 18.7 Å². The number of benzene rings is 1. The molecule has 0 unspecified atom stereocenters. The second-order valence-corrected chi connectivity index (χ2v) is 5.08. The topological polar surface area (TPSA) is 81.2 Å². The van der Waals surface area contributed by atoms with Crippen molar-refractivity contribution >= 4 is 22.7 Å². The van der Waals surface area contributed by atoms with Crippen molar-refractivity contribution in [1.82, 2.24) is 4.98 Å². The van der Waals surface area contributed by atoms with E-state index in [0.717, 1.165) is 36.0 Å². The molecule has 1 aliphatic carbocycles. The van der Waals surface area contributed by atoms with Gasteiger partial charge in [-0.25, -0.2) is 4.98 Å². The summed E-state index contributed by atoms with van der Waals surface area (Å²) in [5.74, 6) is 0.715. The molecule has 0 radical (unpaired) electrons. The summed E-state index contributed by atoms with van der Waals surface area (Å²) >= 11 is 0. The van der Waals surface area contributed by atoms with Gasteiger partial charge < -0.3 is 15.5 Å². The smallest absolute Gasteiger partial charge is 0.231 e. The molecule has 1 aromatic carbocycles. The predicted octanol–water partition coefficient (Wildman–Crippen LogP) is 2.07. The number of amides is 1. The summed E-state index contributed by atoms with van der Waals surface area (Å²) in [6.07, 6.45) is 2.51. The number of hydrogen-bond donors (Lipinski definition) is 2. The van der Waals surface area contributed by atoms with E-state index < -0.39 is 0 Å². The largest absolute Gasteiger partial charge is 0.441 e. The number of fused-ring (bicyclic) bond motifs is 1. The van der Waals surface area contributed by atoms with E-state index in [4.69, 9.17) is 10.2 Å². The van der Waals surface area contributed by atoms with Crippen LogP contribution < -0.4 is 11.1 Å². The Balaban J connectivity index is 1.83. The van der Waals surface area contributed by atoms with Gasteiger partial charge in [0.1, 0.15) is 5.52 Å². The van der Waals surface area contributed by atoms with Crippen LogP contribution in [0, 0.1) is 5.41 Å². The van der Waals surface area contributed by atoms with Crippen molar-refractivity contribution in [2.45, 2.75) is 26.2 Å². The third kappa shape index (κ3) is 2.10. The van der Waals surface area contributed by atoms with Crippen LogP contribution in [0.4, 0.5) is 5.69 Å². The maximum atomic E-state index is 12.1. The number of rotatable bonds is 4. The molecule has 5 heteroatoms. The summed E-state index contributed by atoms with van der Waals surface area (Å²) in [4.78, 5) is 16.4. The van der Waals surface area contributed by atoms with Gasteiger partial charge in [0.15, 0.2) is 11.5 Å². The van der Waals surface area contributed by atoms with Gasteiger partial charge in [0.2, 0.25) is 5.91 Å². The Morgan fingerprint density at radius 3 is 2.95 bits per heavy atom. The van der Waals surface area contributed by atoms with E-state index in [1.807, 2.05) is 25.1 Å². The molecule has 3 rings (SSSR count). The van der Waals surface area contributed by atoms with Crippen LogP contribution in [0.15, 0.2) is 22.6 Å². The van der Waals surface area contributed by atoms with Crippen molar-refractivity contribution in [3.63, 3.8) is 0 Å². The quantitative estimate of drug-likeness (QED) is 0.880. The Labute approximate surface area is 111 Å². The van der Waals surface area contributed by atoms with E-state index in [1.165, 1.54) is 0 Å². The third-order valence-electron chi connectivity index (χ3n) is 3.72. The number of nitrogens with one attached hydrogen (secondary N) is 1. The molecule has 1 fully saturated rings. The molecule has 1 saturated carbocycles. The lowest BCUT2D eigenvalue weighted by molar-refractivity contribution is -0.120. The predicted molar refractivity (Wildman–Crippen MR) is 72.7 cm³/mol. The zero-order chi connectivity index (χ0) is 13.5. The number of nitrogens with two attached hydrogens (primary N) is 1. The highest BCUT2D eigenvalue weighted by molar-refractivity contribution is 5.98. The standard InChI is InChI=1S/C14H17N3O2/c1-2-12-17-10-7-9(3-4-11(10)19-12)16-13(18)14(8-15)5-6-14/h3-4,7H,2,5-6,8,15H2,1H3,(H,16,18). The lowest BCUT2D eigenvalue weighted by atomic mass is 10.1. The molecule has 1 amide bonds. The van der Waals surface area contributed by atoms with Gasteiger partial charge in [-0.2, -0.15) is 0 Å². The molecule has 0 aliphatic heterocycles. The number of carbonyl (C=O) groups is 1. The molecule has 1 heterocycles. The summed E-state index contributed by atoms with van der Waals surface area (Å²) in [6, 6.07) is 5.50. The molecule has 0 bridgehead atoms. The van der Waals surface area contributed by atoms with E-state index in [0.29, 0.717) is 12.4 Å². The highest BCUT2D eigenvalue weighted by atomic mass is 16.3. The van der Waals surface area contributed by atoms with Crippen molar-refractivity contribution in [2.24, 2.45) is 11.1 Å². The zero-order valence-corrected chi connectivity index (χ0v) is 10.9. The van der Waals surface area contributed by atoms with E-state index in [2.05, 4.69) is 10.3 Å². The maximum absolute atomic E-state index is 12.1. The zero-order valence-electron chi connectivity index (χ0n) is 10.9. The molecule has 0 spiro atoms. The van der Waals surface area contributed by atoms with Crippen molar-refractivity contribution in [2.75, 3.05) is 11.9 Å². The molecule has 19 heavy (non-hydrogen) atoms. The van der Waals surface area contributed by atoms with Crippen LogP contribution in [0.1, 0.15) is 25.7 Å². The molecular weight excluding hydrogens is 242 g/mol. The average Bonchev–Trinajstić information content (AvgIpc) is 3.12. The fraction of sp³-hybridized carbons (Fsp3) is 0.429. The fourth-order valence-corrected chi connectivity index (χ4v) is 2.14. The summed E-state index contributed by atoms with van der Waals surface area (Å²) in [5.41, 5.74) is 7.57. The molecule has 0 atom stereocenters. The first-order valence-corrected chi connectivity index (χ1v) is 6.58. The van der Waals surface area contributed by atoms with Gasteiger partial charge >= 0.3 is 0 Å². The number of nitrogens with zero attached hydrogens (tertiary/aromatic N) is 1. The molecular formula is C14H17N3O2. The Kier molecular flexibility index (Phi) is 2.78. The Morgan fingerprint density at radius 1 is 1.53 bits per heavy atom. The molecule has 100 valence electrons. The first-order chi connectivity index (χ1) is 9.16. The van der Waals surface area contributed by atoms with Gasteiger partial charge in [-0.3, -0.25) is 4.79 Å². The van der Waals surface area contributed by atoms with E-state index >= 15 is 0 Å². The average molecular weight is 259 g/mol. The van der Waals surface area contributed by atoms with Crippen LogP contribution in [0.2, 0.25) is 0 Å². The molecule has 0 saturated heterocycles. The summed E-state index contributed by atoms with van der Waals surface area (Å²) in [5, 5.41) is 2.91. The number of carbonyl (C=O) groups excluding carboxylic acids is 1. The van der Waals surface area contributed by atoms with Gasteiger partial charge in [-0.1, -0.05) is 6.92 Å². The minimum atomic E-state index is -0.340. The van der Waals surface area contributed by atoms with Crippen molar-refractivity contribution in [3.05, 3.63) is 24.1 Å². The van der Waals surface area contributed by atoms with Crippen molar-refractivity contribution < 1.29 is 9.21 Å². The van der Waals surface area contributed by atoms with E-state index in [9.17, 15) is 4.79 Å². The number of oxazole rings is 1. The Bertz CT molecular complexity index is 629. The molecule has 3 N–H and O–H groups in total. The first-order valence-electron chi connectivity index (χ1n) is 6.58. The minimum absolute atomic E-state index is 0.00793. The van der Waals surface area contributed by atoms with Gasteiger partial charge in [0.25, 0.3) is 0 Å². The van der Waals surface area contributed by atoms with Crippen molar-refractivity contribution in [1.29, 1.82) is 0 Å². The lowest BCUT2D eigenvalue weighted by Gasteiger charge is -2.12. The third-order valence-corrected chi connectivity index (χ3v) is 3.72. The SMILES string of the molecule is CCc1nc2cc(NC(=O)C3(CN)CC3)ccc2o1. The molecule has 1 aliphatic rings. The second kappa shape index (κ2) is 4.35.